The summed E-state index contributed by atoms with van der Waals surface area (Å²) in [6.45, 7) is 6.20. The van der Waals surface area contributed by atoms with E-state index in [4.69, 9.17) is 11.6 Å². The van der Waals surface area contributed by atoms with Crippen molar-refractivity contribution in [2.75, 3.05) is 6.54 Å². The maximum absolute atomic E-state index is 6.18. The van der Waals surface area contributed by atoms with Crippen LogP contribution in [0.1, 0.15) is 30.2 Å². The van der Waals surface area contributed by atoms with Gasteiger partial charge in [-0.15, -0.1) is 11.3 Å². The van der Waals surface area contributed by atoms with E-state index in [9.17, 15) is 0 Å². The first-order valence-electron chi connectivity index (χ1n) is 5.86. The third-order valence-electron chi connectivity index (χ3n) is 2.87. The normalized spacial score (nSPS) is 17.7. The lowest BCUT2D eigenvalue weighted by Crippen LogP contribution is -2.36. The minimum atomic E-state index is 0.499. The maximum atomic E-state index is 6.18. The van der Waals surface area contributed by atoms with Gasteiger partial charge >= 0.3 is 0 Å². The van der Waals surface area contributed by atoms with Crippen LogP contribution in [-0.2, 0) is 6.54 Å². The number of rotatable bonds is 6. The second-order valence-electron chi connectivity index (χ2n) is 4.62. The Morgan fingerprint density at radius 3 is 2.88 bits per heavy atom. The molecule has 16 heavy (non-hydrogen) atoms. The molecule has 1 aliphatic rings. The molecule has 0 aliphatic heterocycles. The van der Waals surface area contributed by atoms with E-state index < -0.39 is 0 Å². The predicted molar refractivity (Wildman–Crippen MR) is 71.4 cm³/mol. The van der Waals surface area contributed by atoms with E-state index in [0.29, 0.717) is 6.04 Å². The molecule has 90 valence electrons. The van der Waals surface area contributed by atoms with Crippen LogP contribution < -0.4 is 10.6 Å². The number of halogens is 1. The molecule has 2 nitrogen and oxygen atoms in total. The maximum Gasteiger partial charge on any atom is 0.0587 e. The topological polar surface area (TPSA) is 24.1 Å². The van der Waals surface area contributed by atoms with Crippen molar-refractivity contribution in [1.82, 2.24) is 10.6 Å². The lowest BCUT2D eigenvalue weighted by Gasteiger charge is -2.14. The Bertz CT molecular complexity index is 347. The van der Waals surface area contributed by atoms with Crippen molar-refractivity contribution in [2.24, 2.45) is 0 Å². The third-order valence-corrected chi connectivity index (χ3v) is 4.61. The molecular formula is C12H19ClN2S. The standard InChI is InChI=1S/C12H19ClN2S/c1-8-7-16-11(12(8)13)6-14-9(2)5-15-10-3-4-10/h7,9-10,14-15H,3-6H2,1-2H3. The molecule has 2 rings (SSSR count). The molecule has 0 saturated heterocycles. The molecule has 1 heterocycles. The number of nitrogens with one attached hydrogen (secondary N) is 2. The van der Waals surface area contributed by atoms with Gasteiger partial charge in [-0.1, -0.05) is 11.6 Å². The Balaban J connectivity index is 1.71. The van der Waals surface area contributed by atoms with E-state index in [1.807, 2.05) is 0 Å². The van der Waals surface area contributed by atoms with Crippen LogP contribution in [0.3, 0.4) is 0 Å². The molecule has 1 saturated carbocycles. The highest BCUT2D eigenvalue weighted by atomic mass is 35.5. The summed E-state index contributed by atoms with van der Waals surface area (Å²) in [6, 6.07) is 1.29. The second kappa shape index (κ2) is 5.50. The van der Waals surface area contributed by atoms with Crippen LogP contribution in [0.2, 0.25) is 5.02 Å². The Labute approximate surface area is 106 Å². The van der Waals surface area contributed by atoms with Crippen LogP contribution in [0.15, 0.2) is 5.38 Å². The molecule has 1 aromatic heterocycles. The SMILES string of the molecule is Cc1csc(CNC(C)CNC2CC2)c1Cl. The molecule has 1 atom stereocenters. The highest BCUT2D eigenvalue weighted by Gasteiger charge is 2.20. The fraction of sp³-hybridized carbons (Fsp3) is 0.667. The van der Waals surface area contributed by atoms with Crippen molar-refractivity contribution in [2.45, 2.75) is 45.3 Å². The molecule has 2 N–H and O–H groups in total. The quantitative estimate of drug-likeness (QED) is 0.820. The van der Waals surface area contributed by atoms with E-state index in [1.165, 1.54) is 23.3 Å². The number of hydrogen-bond donors (Lipinski definition) is 2. The summed E-state index contributed by atoms with van der Waals surface area (Å²) >= 11 is 7.92. The van der Waals surface area contributed by atoms with Gasteiger partial charge in [0.1, 0.15) is 0 Å². The highest BCUT2D eigenvalue weighted by molar-refractivity contribution is 7.10. The Kier molecular flexibility index (Phi) is 4.25. The zero-order chi connectivity index (χ0) is 11.5. The van der Waals surface area contributed by atoms with Gasteiger partial charge in [0.15, 0.2) is 0 Å². The summed E-state index contributed by atoms with van der Waals surface area (Å²) in [5.74, 6) is 0. The Hall–Kier alpha value is -0.0900. The van der Waals surface area contributed by atoms with Gasteiger partial charge in [0.2, 0.25) is 0 Å². The molecule has 1 aromatic rings. The Morgan fingerprint density at radius 1 is 1.56 bits per heavy atom. The minimum absolute atomic E-state index is 0.499. The lowest BCUT2D eigenvalue weighted by molar-refractivity contribution is 0.502. The number of aryl methyl sites for hydroxylation is 1. The largest absolute Gasteiger partial charge is 0.312 e. The van der Waals surface area contributed by atoms with Gasteiger partial charge in [-0.3, -0.25) is 0 Å². The first kappa shape index (κ1) is 12.4. The molecular weight excluding hydrogens is 240 g/mol. The molecule has 0 radical (unpaired) electrons. The summed E-state index contributed by atoms with van der Waals surface area (Å²) in [6.07, 6.45) is 2.70. The fourth-order valence-electron chi connectivity index (χ4n) is 1.57. The summed E-state index contributed by atoms with van der Waals surface area (Å²) < 4.78 is 0. The van der Waals surface area contributed by atoms with Gasteiger partial charge < -0.3 is 10.6 Å². The first-order valence-corrected chi connectivity index (χ1v) is 7.12. The Morgan fingerprint density at radius 2 is 2.31 bits per heavy atom. The predicted octanol–water partition coefficient (Wildman–Crippen LogP) is 2.94. The molecule has 1 unspecified atom stereocenters. The highest BCUT2D eigenvalue weighted by Crippen LogP contribution is 2.26. The lowest BCUT2D eigenvalue weighted by atomic mass is 10.3. The molecule has 0 aromatic carbocycles. The summed E-state index contributed by atoms with van der Waals surface area (Å²) in [5, 5.41) is 10.1. The van der Waals surface area contributed by atoms with Crippen LogP contribution in [-0.4, -0.2) is 18.6 Å². The van der Waals surface area contributed by atoms with Gasteiger partial charge in [-0.05, 0) is 37.6 Å². The number of hydrogen-bond acceptors (Lipinski definition) is 3. The van der Waals surface area contributed by atoms with Crippen LogP contribution in [0.5, 0.6) is 0 Å². The van der Waals surface area contributed by atoms with Crippen LogP contribution in [0.4, 0.5) is 0 Å². The van der Waals surface area contributed by atoms with E-state index in [0.717, 1.165) is 24.2 Å². The van der Waals surface area contributed by atoms with Crippen molar-refractivity contribution in [3.63, 3.8) is 0 Å². The molecule has 1 aliphatic carbocycles. The van der Waals surface area contributed by atoms with Crippen molar-refractivity contribution in [1.29, 1.82) is 0 Å². The van der Waals surface area contributed by atoms with Gasteiger partial charge in [-0.2, -0.15) is 0 Å². The number of thiophene rings is 1. The van der Waals surface area contributed by atoms with Crippen LogP contribution in [0.25, 0.3) is 0 Å². The monoisotopic (exact) mass is 258 g/mol. The van der Waals surface area contributed by atoms with Gasteiger partial charge in [0.25, 0.3) is 0 Å². The van der Waals surface area contributed by atoms with Crippen LogP contribution >= 0.6 is 22.9 Å². The molecule has 1 fully saturated rings. The minimum Gasteiger partial charge on any atom is -0.312 e. The molecule has 0 bridgehead atoms. The first-order chi connectivity index (χ1) is 7.66. The zero-order valence-electron chi connectivity index (χ0n) is 9.85. The van der Waals surface area contributed by atoms with E-state index in [2.05, 4.69) is 29.9 Å². The van der Waals surface area contributed by atoms with Crippen LogP contribution in [0, 0.1) is 6.92 Å². The van der Waals surface area contributed by atoms with E-state index >= 15 is 0 Å². The summed E-state index contributed by atoms with van der Waals surface area (Å²) in [7, 11) is 0. The van der Waals surface area contributed by atoms with E-state index in [-0.39, 0.29) is 0 Å². The average molecular weight is 259 g/mol. The smallest absolute Gasteiger partial charge is 0.0587 e. The van der Waals surface area contributed by atoms with Crippen molar-refractivity contribution in [3.8, 4) is 0 Å². The summed E-state index contributed by atoms with van der Waals surface area (Å²) in [5.41, 5.74) is 1.19. The fourth-order valence-corrected chi connectivity index (χ4v) is 2.76. The van der Waals surface area contributed by atoms with Gasteiger partial charge in [-0.25, -0.2) is 0 Å². The third kappa shape index (κ3) is 3.45. The van der Waals surface area contributed by atoms with Crippen molar-refractivity contribution >= 4 is 22.9 Å². The van der Waals surface area contributed by atoms with Crippen molar-refractivity contribution in [3.05, 3.63) is 20.8 Å². The molecule has 0 spiro atoms. The average Bonchev–Trinajstić information content (AvgIpc) is 3.04. The zero-order valence-corrected chi connectivity index (χ0v) is 11.4. The van der Waals surface area contributed by atoms with Gasteiger partial charge in [0, 0.05) is 30.1 Å². The second-order valence-corrected chi connectivity index (χ2v) is 5.96. The molecule has 4 heteroatoms. The molecule has 0 amide bonds. The van der Waals surface area contributed by atoms with E-state index in [1.54, 1.807) is 11.3 Å². The van der Waals surface area contributed by atoms with Gasteiger partial charge in [0.05, 0.1) is 5.02 Å². The van der Waals surface area contributed by atoms with Crippen molar-refractivity contribution < 1.29 is 0 Å². The summed E-state index contributed by atoms with van der Waals surface area (Å²) in [4.78, 5) is 1.25.